The Morgan fingerprint density at radius 1 is 1.57 bits per heavy atom. The molecule has 1 aromatic rings. The van der Waals surface area contributed by atoms with Crippen molar-refractivity contribution in [3.8, 4) is 0 Å². The molecule has 0 amide bonds. The van der Waals surface area contributed by atoms with Gasteiger partial charge in [0.15, 0.2) is 0 Å². The number of nitrogens with two attached hydrogens (primary N) is 2. The topological polar surface area (TPSA) is 52.0 Å². The van der Waals surface area contributed by atoms with Crippen molar-refractivity contribution in [2.75, 3.05) is 6.54 Å². The lowest BCUT2D eigenvalue weighted by Crippen LogP contribution is -2.30. The molecular weight excluding hydrogens is 260 g/mol. The summed E-state index contributed by atoms with van der Waals surface area (Å²) in [6.07, 6.45) is 0.948. The van der Waals surface area contributed by atoms with Crippen LogP contribution >= 0.6 is 27.3 Å². The van der Waals surface area contributed by atoms with Crippen LogP contribution in [0.3, 0.4) is 0 Å². The number of hydrogen-bond acceptors (Lipinski definition) is 3. The van der Waals surface area contributed by atoms with Crippen molar-refractivity contribution in [2.45, 2.75) is 26.3 Å². The highest BCUT2D eigenvalue weighted by Gasteiger charge is 2.27. The second-order valence-electron chi connectivity index (χ2n) is 4.17. The summed E-state index contributed by atoms with van der Waals surface area (Å²) in [7, 11) is 0. The standard InChI is InChI=1S/C10H17BrN2S/c1-10(2,3-4-12)9(13)8-5-7(11)6-14-8/h5-6,9H,3-4,12-13H2,1-2H3. The van der Waals surface area contributed by atoms with Gasteiger partial charge in [-0.1, -0.05) is 13.8 Å². The Morgan fingerprint density at radius 3 is 2.64 bits per heavy atom. The molecule has 2 nitrogen and oxygen atoms in total. The maximum atomic E-state index is 6.21. The minimum Gasteiger partial charge on any atom is -0.330 e. The van der Waals surface area contributed by atoms with E-state index >= 15 is 0 Å². The van der Waals surface area contributed by atoms with E-state index < -0.39 is 0 Å². The molecule has 0 radical (unpaired) electrons. The van der Waals surface area contributed by atoms with E-state index in [9.17, 15) is 0 Å². The van der Waals surface area contributed by atoms with Gasteiger partial charge in [0.05, 0.1) is 0 Å². The molecule has 1 rings (SSSR count). The van der Waals surface area contributed by atoms with Gasteiger partial charge < -0.3 is 11.5 Å². The molecule has 1 heterocycles. The zero-order chi connectivity index (χ0) is 10.8. The fourth-order valence-electron chi connectivity index (χ4n) is 1.40. The van der Waals surface area contributed by atoms with Crippen molar-refractivity contribution in [1.82, 2.24) is 0 Å². The molecule has 14 heavy (non-hydrogen) atoms. The quantitative estimate of drug-likeness (QED) is 0.889. The van der Waals surface area contributed by atoms with Gasteiger partial charge in [-0.25, -0.2) is 0 Å². The monoisotopic (exact) mass is 276 g/mol. The summed E-state index contributed by atoms with van der Waals surface area (Å²) >= 11 is 5.13. The first-order valence-corrected chi connectivity index (χ1v) is 6.34. The summed E-state index contributed by atoms with van der Waals surface area (Å²) in [4.78, 5) is 1.22. The number of hydrogen-bond donors (Lipinski definition) is 2. The van der Waals surface area contributed by atoms with Gasteiger partial charge in [0, 0.05) is 20.8 Å². The molecule has 0 spiro atoms. The van der Waals surface area contributed by atoms with E-state index in [0.717, 1.165) is 10.9 Å². The smallest absolute Gasteiger partial charge is 0.0442 e. The van der Waals surface area contributed by atoms with Gasteiger partial charge >= 0.3 is 0 Å². The van der Waals surface area contributed by atoms with Gasteiger partial charge in [-0.3, -0.25) is 0 Å². The molecular formula is C10H17BrN2S. The second-order valence-corrected chi connectivity index (χ2v) is 6.03. The van der Waals surface area contributed by atoms with E-state index in [1.54, 1.807) is 11.3 Å². The fourth-order valence-corrected chi connectivity index (χ4v) is 3.06. The van der Waals surface area contributed by atoms with Crippen molar-refractivity contribution in [2.24, 2.45) is 16.9 Å². The highest BCUT2D eigenvalue weighted by molar-refractivity contribution is 9.10. The van der Waals surface area contributed by atoms with Crippen LogP contribution < -0.4 is 11.5 Å². The lowest BCUT2D eigenvalue weighted by Gasteiger charge is -2.30. The molecule has 4 heteroatoms. The van der Waals surface area contributed by atoms with Crippen LogP contribution in [0.2, 0.25) is 0 Å². The van der Waals surface area contributed by atoms with Gasteiger partial charge in [-0.2, -0.15) is 0 Å². The van der Waals surface area contributed by atoms with Crippen molar-refractivity contribution in [3.05, 3.63) is 20.8 Å². The first-order chi connectivity index (χ1) is 6.47. The Balaban J connectivity index is 2.78. The third-order valence-corrected chi connectivity index (χ3v) is 4.30. The molecule has 0 saturated heterocycles. The largest absolute Gasteiger partial charge is 0.330 e. The Labute approximate surface area is 97.8 Å². The molecule has 0 aromatic carbocycles. The molecule has 0 bridgehead atoms. The molecule has 0 aliphatic rings. The predicted octanol–water partition coefficient (Wildman–Crippen LogP) is 2.89. The molecule has 1 unspecified atom stereocenters. The average Bonchev–Trinajstić information content (AvgIpc) is 2.50. The lowest BCUT2D eigenvalue weighted by molar-refractivity contribution is 0.274. The third kappa shape index (κ3) is 2.79. The maximum absolute atomic E-state index is 6.21. The van der Waals surface area contributed by atoms with E-state index in [1.807, 2.05) is 0 Å². The first kappa shape index (κ1) is 12.2. The van der Waals surface area contributed by atoms with Crippen LogP contribution in [0.15, 0.2) is 15.9 Å². The number of thiophene rings is 1. The molecule has 1 atom stereocenters. The highest BCUT2D eigenvalue weighted by Crippen LogP contribution is 2.37. The summed E-state index contributed by atoms with van der Waals surface area (Å²) in [5, 5.41) is 2.06. The zero-order valence-electron chi connectivity index (χ0n) is 8.59. The first-order valence-electron chi connectivity index (χ1n) is 4.67. The van der Waals surface area contributed by atoms with Crippen LogP contribution in [-0.2, 0) is 0 Å². The highest BCUT2D eigenvalue weighted by atomic mass is 79.9. The van der Waals surface area contributed by atoms with Gasteiger partial charge in [0.25, 0.3) is 0 Å². The van der Waals surface area contributed by atoms with Crippen LogP contribution in [-0.4, -0.2) is 6.54 Å². The van der Waals surface area contributed by atoms with Crippen molar-refractivity contribution >= 4 is 27.3 Å². The Morgan fingerprint density at radius 2 is 2.21 bits per heavy atom. The van der Waals surface area contributed by atoms with Crippen LogP contribution in [0.25, 0.3) is 0 Å². The van der Waals surface area contributed by atoms with E-state index in [0.29, 0.717) is 6.54 Å². The summed E-state index contributed by atoms with van der Waals surface area (Å²) in [5.41, 5.74) is 11.8. The summed E-state index contributed by atoms with van der Waals surface area (Å²) in [5.74, 6) is 0. The van der Waals surface area contributed by atoms with Crippen LogP contribution in [0.1, 0.15) is 31.2 Å². The third-order valence-electron chi connectivity index (χ3n) is 2.52. The molecule has 0 aliphatic carbocycles. The molecule has 0 aliphatic heterocycles. The molecule has 0 fully saturated rings. The normalized spacial score (nSPS) is 14.4. The number of halogens is 1. The van der Waals surface area contributed by atoms with Gasteiger partial charge in [0.2, 0.25) is 0 Å². The molecule has 0 saturated carbocycles. The SMILES string of the molecule is CC(C)(CCN)C(N)c1cc(Br)cs1. The van der Waals surface area contributed by atoms with Crippen molar-refractivity contribution in [3.63, 3.8) is 0 Å². The number of rotatable bonds is 4. The summed E-state index contributed by atoms with van der Waals surface area (Å²) in [6.45, 7) is 5.02. The second kappa shape index (κ2) is 4.75. The van der Waals surface area contributed by atoms with Crippen LogP contribution in [0, 0.1) is 5.41 Å². The van der Waals surface area contributed by atoms with E-state index in [4.69, 9.17) is 11.5 Å². The van der Waals surface area contributed by atoms with E-state index in [2.05, 4.69) is 41.2 Å². The minimum atomic E-state index is 0.0685. The van der Waals surface area contributed by atoms with Gasteiger partial charge in [-0.05, 0) is 40.4 Å². The minimum absolute atomic E-state index is 0.0685. The predicted molar refractivity (Wildman–Crippen MR) is 66.4 cm³/mol. The fraction of sp³-hybridized carbons (Fsp3) is 0.600. The molecule has 80 valence electrons. The van der Waals surface area contributed by atoms with Crippen molar-refractivity contribution < 1.29 is 0 Å². The van der Waals surface area contributed by atoms with Crippen LogP contribution in [0.4, 0.5) is 0 Å². The summed E-state index contributed by atoms with van der Waals surface area (Å²) < 4.78 is 1.11. The van der Waals surface area contributed by atoms with E-state index in [1.165, 1.54) is 4.88 Å². The molecule has 4 N–H and O–H groups in total. The zero-order valence-corrected chi connectivity index (χ0v) is 11.0. The Kier molecular flexibility index (Phi) is 4.13. The van der Waals surface area contributed by atoms with Gasteiger partial charge in [-0.15, -0.1) is 11.3 Å². The maximum Gasteiger partial charge on any atom is 0.0442 e. The van der Waals surface area contributed by atoms with Crippen LogP contribution in [0.5, 0.6) is 0 Å². The lowest BCUT2D eigenvalue weighted by atomic mass is 9.81. The van der Waals surface area contributed by atoms with E-state index in [-0.39, 0.29) is 11.5 Å². The average molecular weight is 277 g/mol. The summed E-state index contributed by atoms with van der Waals surface area (Å²) in [6, 6.07) is 2.16. The van der Waals surface area contributed by atoms with Crippen molar-refractivity contribution in [1.29, 1.82) is 0 Å². The Bertz CT molecular complexity index is 296. The van der Waals surface area contributed by atoms with Gasteiger partial charge in [0.1, 0.15) is 0 Å². The molecule has 1 aromatic heterocycles. The Hall–Kier alpha value is 0.1000.